The molecule has 0 heterocycles. The van der Waals surface area contributed by atoms with Gasteiger partial charge in [-0.1, -0.05) is 0 Å². The van der Waals surface area contributed by atoms with E-state index in [4.69, 9.17) is 5.11 Å². The maximum Gasteiger partial charge on any atom is 0.132 e. The lowest BCUT2D eigenvalue weighted by Crippen LogP contribution is -2.07. The Morgan fingerprint density at radius 3 is 2.60 bits per heavy atom. The highest BCUT2D eigenvalue weighted by Crippen LogP contribution is 2.30. The number of aliphatic hydroxyl groups is 1. The Kier molecular flexibility index (Phi) is 2.44. The third-order valence-corrected chi connectivity index (χ3v) is 2.37. The average molecular weight is 142 g/mol. The summed E-state index contributed by atoms with van der Waals surface area (Å²) < 4.78 is 0. The summed E-state index contributed by atoms with van der Waals surface area (Å²) >= 11 is 0. The summed E-state index contributed by atoms with van der Waals surface area (Å²) in [6.07, 6.45) is 2.92. The number of carbonyl (C=O) groups is 1. The normalized spacial score (nSPS) is 32.6. The number of hydrogen-bond donors (Lipinski definition) is 1. The lowest BCUT2D eigenvalue weighted by Gasteiger charge is -2.03. The molecule has 0 bridgehead atoms. The second-order valence-corrected chi connectivity index (χ2v) is 3.17. The molecule has 2 heteroatoms. The number of aliphatic hydroxyl groups excluding tert-OH is 1. The van der Waals surface area contributed by atoms with Crippen LogP contribution in [0.2, 0.25) is 0 Å². The van der Waals surface area contributed by atoms with Crippen molar-refractivity contribution in [3.8, 4) is 0 Å². The van der Waals surface area contributed by atoms with Gasteiger partial charge < -0.3 is 5.11 Å². The first-order valence-corrected chi connectivity index (χ1v) is 3.85. The lowest BCUT2D eigenvalue weighted by atomic mass is 10.0. The van der Waals surface area contributed by atoms with Gasteiger partial charge in [0.05, 0.1) is 0 Å². The van der Waals surface area contributed by atoms with Crippen LogP contribution in [0.3, 0.4) is 0 Å². The van der Waals surface area contributed by atoms with Crippen molar-refractivity contribution in [1.82, 2.24) is 0 Å². The zero-order valence-electron chi connectivity index (χ0n) is 6.34. The summed E-state index contributed by atoms with van der Waals surface area (Å²) in [6.45, 7) is 1.90. The highest BCUT2D eigenvalue weighted by Gasteiger charge is 2.26. The first kappa shape index (κ1) is 7.73. The van der Waals surface area contributed by atoms with Gasteiger partial charge in [0.2, 0.25) is 0 Å². The SMILES string of the molecule is CC(=O)C1CCC(CO)C1. The van der Waals surface area contributed by atoms with Crippen LogP contribution >= 0.6 is 0 Å². The molecule has 0 aromatic rings. The Hall–Kier alpha value is -0.370. The van der Waals surface area contributed by atoms with Crippen LogP contribution in [0.15, 0.2) is 0 Å². The molecule has 1 saturated carbocycles. The molecule has 10 heavy (non-hydrogen) atoms. The number of ketones is 1. The molecule has 2 atom stereocenters. The van der Waals surface area contributed by atoms with Crippen molar-refractivity contribution in [3.63, 3.8) is 0 Å². The zero-order valence-corrected chi connectivity index (χ0v) is 6.34. The minimum absolute atomic E-state index is 0.247. The van der Waals surface area contributed by atoms with Gasteiger partial charge in [0.25, 0.3) is 0 Å². The number of Topliss-reactive ketones (excluding diaryl/α,β-unsaturated/α-hetero) is 1. The second kappa shape index (κ2) is 3.15. The van der Waals surface area contributed by atoms with Crippen LogP contribution in [0.4, 0.5) is 0 Å². The van der Waals surface area contributed by atoms with Gasteiger partial charge in [0, 0.05) is 12.5 Å². The quantitative estimate of drug-likeness (QED) is 0.624. The van der Waals surface area contributed by atoms with Crippen LogP contribution in [-0.2, 0) is 4.79 Å². The fraction of sp³-hybridized carbons (Fsp3) is 0.875. The first-order chi connectivity index (χ1) is 4.74. The predicted molar refractivity (Wildman–Crippen MR) is 38.6 cm³/mol. The maximum absolute atomic E-state index is 10.8. The number of rotatable bonds is 2. The van der Waals surface area contributed by atoms with Gasteiger partial charge in [-0.3, -0.25) is 4.79 Å². The van der Waals surface area contributed by atoms with E-state index >= 15 is 0 Å². The largest absolute Gasteiger partial charge is 0.396 e. The standard InChI is InChI=1S/C8H14O2/c1-6(10)8-3-2-7(4-8)5-9/h7-9H,2-5H2,1H3. The highest BCUT2D eigenvalue weighted by atomic mass is 16.3. The minimum atomic E-state index is 0.247. The first-order valence-electron chi connectivity index (χ1n) is 3.85. The summed E-state index contributed by atoms with van der Waals surface area (Å²) in [4.78, 5) is 10.8. The molecule has 0 aliphatic heterocycles. The van der Waals surface area contributed by atoms with Crippen molar-refractivity contribution >= 4 is 5.78 Å². The topological polar surface area (TPSA) is 37.3 Å². The molecule has 0 amide bonds. The van der Waals surface area contributed by atoms with Gasteiger partial charge in [-0.05, 0) is 32.1 Å². The molecule has 1 fully saturated rings. The van der Waals surface area contributed by atoms with Gasteiger partial charge in [-0.25, -0.2) is 0 Å². The van der Waals surface area contributed by atoms with E-state index in [0.29, 0.717) is 5.92 Å². The Morgan fingerprint density at radius 1 is 1.60 bits per heavy atom. The van der Waals surface area contributed by atoms with E-state index in [1.54, 1.807) is 6.92 Å². The van der Waals surface area contributed by atoms with Gasteiger partial charge in [0.1, 0.15) is 5.78 Å². The van der Waals surface area contributed by atoms with E-state index in [0.717, 1.165) is 19.3 Å². The average Bonchev–Trinajstić information content (AvgIpc) is 2.34. The Balaban J connectivity index is 2.35. The van der Waals surface area contributed by atoms with Crippen molar-refractivity contribution < 1.29 is 9.90 Å². The molecule has 1 aliphatic carbocycles. The van der Waals surface area contributed by atoms with Crippen molar-refractivity contribution in [2.45, 2.75) is 26.2 Å². The van der Waals surface area contributed by atoms with E-state index in [9.17, 15) is 4.79 Å². The smallest absolute Gasteiger partial charge is 0.132 e. The van der Waals surface area contributed by atoms with E-state index in [1.807, 2.05) is 0 Å². The molecular weight excluding hydrogens is 128 g/mol. The Bertz CT molecular complexity index is 131. The lowest BCUT2D eigenvalue weighted by molar-refractivity contribution is -0.120. The van der Waals surface area contributed by atoms with E-state index in [2.05, 4.69) is 0 Å². The van der Waals surface area contributed by atoms with E-state index < -0.39 is 0 Å². The molecule has 1 rings (SSSR count). The summed E-state index contributed by atoms with van der Waals surface area (Å²) in [5.41, 5.74) is 0. The molecule has 2 unspecified atom stereocenters. The molecule has 1 aliphatic rings. The van der Waals surface area contributed by atoms with Crippen LogP contribution in [0.5, 0.6) is 0 Å². The van der Waals surface area contributed by atoms with E-state index in [1.165, 1.54) is 0 Å². The fourth-order valence-electron chi connectivity index (χ4n) is 1.61. The summed E-state index contributed by atoms with van der Waals surface area (Å²) in [7, 11) is 0. The molecule has 58 valence electrons. The third kappa shape index (κ3) is 1.57. The van der Waals surface area contributed by atoms with Gasteiger partial charge >= 0.3 is 0 Å². The maximum atomic E-state index is 10.8. The summed E-state index contributed by atoms with van der Waals surface area (Å²) in [6, 6.07) is 0. The third-order valence-electron chi connectivity index (χ3n) is 2.37. The molecule has 0 aromatic carbocycles. The molecular formula is C8H14O2. The molecule has 0 aromatic heterocycles. The zero-order chi connectivity index (χ0) is 7.56. The monoisotopic (exact) mass is 142 g/mol. The Labute approximate surface area is 61.2 Å². The molecule has 1 N–H and O–H groups in total. The molecule has 0 saturated heterocycles. The van der Waals surface area contributed by atoms with Gasteiger partial charge in [0.15, 0.2) is 0 Å². The van der Waals surface area contributed by atoms with Crippen LogP contribution in [0, 0.1) is 11.8 Å². The van der Waals surface area contributed by atoms with Crippen molar-refractivity contribution in [3.05, 3.63) is 0 Å². The van der Waals surface area contributed by atoms with Crippen LogP contribution in [0.25, 0.3) is 0 Å². The second-order valence-electron chi connectivity index (χ2n) is 3.17. The van der Waals surface area contributed by atoms with E-state index in [-0.39, 0.29) is 18.3 Å². The van der Waals surface area contributed by atoms with Crippen LogP contribution < -0.4 is 0 Å². The van der Waals surface area contributed by atoms with Crippen LogP contribution in [0.1, 0.15) is 26.2 Å². The van der Waals surface area contributed by atoms with Crippen molar-refractivity contribution in [2.75, 3.05) is 6.61 Å². The fourth-order valence-corrected chi connectivity index (χ4v) is 1.61. The molecule has 0 spiro atoms. The van der Waals surface area contributed by atoms with Crippen molar-refractivity contribution in [1.29, 1.82) is 0 Å². The van der Waals surface area contributed by atoms with Crippen LogP contribution in [-0.4, -0.2) is 17.5 Å². The summed E-state index contributed by atoms with van der Waals surface area (Å²) in [5.74, 6) is 0.932. The number of hydrogen-bond acceptors (Lipinski definition) is 2. The summed E-state index contributed by atoms with van der Waals surface area (Å²) in [5, 5.41) is 8.75. The van der Waals surface area contributed by atoms with Gasteiger partial charge in [-0.2, -0.15) is 0 Å². The van der Waals surface area contributed by atoms with Gasteiger partial charge in [-0.15, -0.1) is 0 Å². The van der Waals surface area contributed by atoms with Crippen molar-refractivity contribution in [2.24, 2.45) is 11.8 Å². The minimum Gasteiger partial charge on any atom is -0.396 e. The highest BCUT2D eigenvalue weighted by molar-refractivity contribution is 5.78. The number of carbonyl (C=O) groups excluding carboxylic acids is 1. The molecule has 0 radical (unpaired) electrons. The molecule has 2 nitrogen and oxygen atoms in total. The predicted octanol–water partition coefficient (Wildman–Crippen LogP) is 0.984. The Morgan fingerprint density at radius 2 is 2.30 bits per heavy atom.